The lowest BCUT2D eigenvalue weighted by atomic mass is 10.1. The van der Waals surface area contributed by atoms with E-state index in [-0.39, 0.29) is 12.0 Å². The van der Waals surface area contributed by atoms with Crippen LogP contribution in [0.4, 0.5) is 0 Å². The number of carbonyl (C=O) groups excluding carboxylic acids is 1. The van der Waals surface area contributed by atoms with Crippen molar-refractivity contribution >= 4 is 5.91 Å². The number of aromatic nitrogens is 2. The minimum absolute atomic E-state index is 0.112. The molecule has 0 spiro atoms. The number of rotatable bonds is 8. The number of nitrogens with one attached hydrogen (secondary N) is 1. The van der Waals surface area contributed by atoms with E-state index in [1.54, 1.807) is 18.6 Å². The molecule has 6 heteroatoms. The van der Waals surface area contributed by atoms with Crippen LogP contribution in [0.25, 0.3) is 0 Å². The van der Waals surface area contributed by atoms with E-state index in [0.29, 0.717) is 31.0 Å². The van der Waals surface area contributed by atoms with E-state index in [2.05, 4.69) is 16.4 Å². The molecule has 1 aliphatic rings. The van der Waals surface area contributed by atoms with Gasteiger partial charge in [0, 0.05) is 32.1 Å². The first-order valence-electron chi connectivity index (χ1n) is 9.94. The van der Waals surface area contributed by atoms with Crippen molar-refractivity contribution in [1.82, 2.24) is 14.9 Å². The van der Waals surface area contributed by atoms with Crippen molar-refractivity contribution in [3.8, 4) is 5.75 Å². The lowest BCUT2D eigenvalue weighted by Gasteiger charge is -2.15. The van der Waals surface area contributed by atoms with E-state index < -0.39 is 0 Å². The number of carbonyl (C=O) groups is 1. The van der Waals surface area contributed by atoms with Crippen LogP contribution >= 0.6 is 0 Å². The number of imidazole rings is 1. The molecule has 1 atom stereocenters. The molecule has 1 aromatic heterocycles. The van der Waals surface area contributed by atoms with E-state index in [4.69, 9.17) is 9.47 Å². The summed E-state index contributed by atoms with van der Waals surface area (Å²) in [7, 11) is 0. The van der Waals surface area contributed by atoms with Gasteiger partial charge in [0.2, 0.25) is 0 Å². The zero-order chi connectivity index (χ0) is 19.9. The molecule has 2 heterocycles. The Balaban J connectivity index is 1.40. The van der Waals surface area contributed by atoms with Gasteiger partial charge in [0.1, 0.15) is 12.4 Å². The molecular weight excluding hydrogens is 366 g/mol. The zero-order valence-corrected chi connectivity index (χ0v) is 16.3. The Morgan fingerprint density at radius 3 is 2.79 bits per heavy atom. The van der Waals surface area contributed by atoms with E-state index in [1.807, 2.05) is 47.2 Å². The van der Waals surface area contributed by atoms with Crippen LogP contribution in [0.1, 0.15) is 34.3 Å². The minimum atomic E-state index is -0.148. The summed E-state index contributed by atoms with van der Waals surface area (Å²) in [6, 6.07) is 15.4. The van der Waals surface area contributed by atoms with Gasteiger partial charge < -0.3 is 19.4 Å². The van der Waals surface area contributed by atoms with Crippen molar-refractivity contribution in [2.24, 2.45) is 0 Å². The number of para-hydroxylation sites is 1. The minimum Gasteiger partial charge on any atom is -0.490 e. The first-order valence-corrected chi connectivity index (χ1v) is 9.94. The van der Waals surface area contributed by atoms with Gasteiger partial charge in [-0.05, 0) is 36.1 Å². The van der Waals surface area contributed by atoms with Crippen molar-refractivity contribution in [2.45, 2.75) is 32.0 Å². The van der Waals surface area contributed by atoms with Crippen LogP contribution in [0.15, 0.2) is 67.3 Å². The number of amides is 1. The summed E-state index contributed by atoms with van der Waals surface area (Å²) in [5.74, 6) is 0.442. The Labute approximate surface area is 170 Å². The van der Waals surface area contributed by atoms with Gasteiger partial charge in [-0.2, -0.15) is 0 Å². The lowest BCUT2D eigenvalue weighted by Crippen LogP contribution is -2.25. The molecule has 0 aliphatic carbocycles. The summed E-state index contributed by atoms with van der Waals surface area (Å²) in [6.45, 7) is 2.42. The van der Waals surface area contributed by atoms with E-state index in [9.17, 15) is 4.79 Å². The summed E-state index contributed by atoms with van der Waals surface area (Å²) in [6.07, 6.45) is 7.66. The summed E-state index contributed by atoms with van der Waals surface area (Å²) >= 11 is 0. The third-order valence-corrected chi connectivity index (χ3v) is 5.05. The molecule has 2 aromatic carbocycles. The van der Waals surface area contributed by atoms with Gasteiger partial charge in [0.25, 0.3) is 5.91 Å². The highest BCUT2D eigenvalue weighted by Gasteiger charge is 2.18. The van der Waals surface area contributed by atoms with Gasteiger partial charge in [0.15, 0.2) is 0 Å². The highest BCUT2D eigenvalue weighted by atomic mass is 16.5. The number of hydrogen-bond acceptors (Lipinski definition) is 4. The van der Waals surface area contributed by atoms with Gasteiger partial charge in [-0.15, -0.1) is 0 Å². The monoisotopic (exact) mass is 391 g/mol. The van der Waals surface area contributed by atoms with E-state index in [1.165, 1.54) is 0 Å². The normalized spacial score (nSPS) is 15.9. The summed E-state index contributed by atoms with van der Waals surface area (Å²) in [5, 5.41) is 3.03. The van der Waals surface area contributed by atoms with Crippen LogP contribution < -0.4 is 10.1 Å². The fourth-order valence-electron chi connectivity index (χ4n) is 3.47. The van der Waals surface area contributed by atoms with Crippen LogP contribution in [0.3, 0.4) is 0 Å². The fourth-order valence-corrected chi connectivity index (χ4v) is 3.47. The van der Waals surface area contributed by atoms with Gasteiger partial charge in [-0.1, -0.05) is 36.4 Å². The molecule has 6 nitrogen and oxygen atoms in total. The highest BCUT2D eigenvalue weighted by molar-refractivity contribution is 5.96. The Morgan fingerprint density at radius 2 is 2.00 bits per heavy atom. The fraction of sp³-hybridized carbons (Fsp3) is 0.304. The molecule has 0 unspecified atom stereocenters. The van der Waals surface area contributed by atoms with Crippen LogP contribution in [-0.2, 0) is 17.8 Å². The number of benzene rings is 2. The molecule has 0 radical (unpaired) electrons. The molecule has 1 N–H and O–H groups in total. The molecule has 29 heavy (non-hydrogen) atoms. The SMILES string of the molecule is O=C(NCc1ccccc1Cn1ccnc1)c1ccccc1OC[C@@H]1CCCO1. The van der Waals surface area contributed by atoms with Gasteiger partial charge in [-0.3, -0.25) is 4.79 Å². The van der Waals surface area contributed by atoms with Crippen molar-refractivity contribution < 1.29 is 14.3 Å². The average molecular weight is 391 g/mol. The molecule has 0 saturated carbocycles. The molecular formula is C23H25N3O3. The lowest BCUT2D eigenvalue weighted by molar-refractivity contribution is 0.0670. The Hall–Kier alpha value is -3.12. The molecule has 4 rings (SSSR count). The second-order valence-electron chi connectivity index (χ2n) is 7.13. The number of nitrogens with zero attached hydrogens (tertiary/aromatic N) is 2. The third kappa shape index (κ3) is 5.03. The average Bonchev–Trinajstić information content (AvgIpc) is 3.46. The van der Waals surface area contributed by atoms with Gasteiger partial charge in [-0.25, -0.2) is 4.98 Å². The summed E-state index contributed by atoms with van der Waals surface area (Å²) < 4.78 is 13.5. The highest BCUT2D eigenvalue weighted by Crippen LogP contribution is 2.21. The molecule has 1 fully saturated rings. The molecule has 1 saturated heterocycles. The number of ether oxygens (including phenoxy) is 2. The molecule has 150 valence electrons. The van der Waals surface area contributed by atoms with Crippen molar-refractivity contribution in [1.29, 1.82) is 0 Å². The second-order valence-corrected chi connectivity index (χ2v) is 7.13. The largest absolute Gasteiger partial charge is 0.490 e. The maximum atomic E-state index is 12.8. The molecule has 1 amide bonds. The zero-order valence-electron chi connectivity index (χ0n) is 16.3. The predicted octanol–water partition coefficient (Wildman–Crippen LogP) is 3.42. The van der Waals surface area contributed by atoms with Gasteiger partial charge >= 0.3 is 0 Å². The smallest absolute Gasteiger partial charge is 0.255 e. The van der Waals surface area contributed by atoms with Crippen LogP contribution in [0.2, 0.25) is 0 Å². The standard InChI is InChI=1S/C23H25N3O3/c27-23(21-9-3-4-10-22(21)29-16-20-8-5-13-28-20)25-14-18-6-1-2-7-19(18)15-26-12-11-24-17-26/h1-4,6-7,9-12,17,20H,5,8,13-16H2,(H,25,27)/t20-/m0/s1. The van der Waals surface area contributed by atoms with Crippen LogP contribution in [-0.4, -0.2) is 34.8 Å². The Bertz CT molecular complexity index is 934. The first-order chi connectivity index (χ1) is 14.3. The quantitative estimate of drug-likeness (QED) is 0.639. The Kier molecular flexibility index (Phi) is 6.22. The maximum Gasteiger partial charge on any atom is 0.255 e. The van der Waals surface area contributed by atoms with Crippen LogP contribution in [0.5, 0.6) is 5.75 Å². The summed E-state index contributed by atoms with van der Waals surface area (Å²) in [5.41, 5.74) is 2.76. The van der Waals surface area contributed by atoms with Crippen molar-refractivity contribution in [3.05, 3.63) is 83.9 Å². The van der Waals surface area contributed by atoms with Crippen molar-refractivity contribution in [3.63, 3.8) is 0 Å². The van der Waals surface area contributed by atoms with Crippen LogP contribution in [0, 0.1) is 0 Å². The number of hydrogen-bond donors (Lipinski definition) is 1. The second kappa shape index (κ2) is 9.39. The van der Waals surface area contributed by atoms with Gasteiger partial charge in [0.05, 0.1) is 18.0 Å². The molecule has 1 aliphatic heterocycles. The maximum absolute atomic E-state index is 12.8. The first kappa shape index (κ1) is 19.2. The third-order valence-electron chi connectivity index (χ3n) is 5.05. The molecule has 0 bridgehead atoms. The van der Waals surface area contributed by atoms with E-state index in [0.717, 1.165) is 30.6 Å². The predicted molar refractivity (Wildman–Crippen MR) is 110 cm³/mol. The topological polar surface area (TPSA) is 65.4 Å². The van der Waals surface area contributed by atoms with Crippen molar-refractivity contribution in [2.75, 3.05) is 13.2 Å². The Morgan fingerprint density at radius 1 is 1.17 bits per heavy atom. The molecule has 3 aromatic rings. The van der Waals surface area contributed by atoms with E-state index >= 15 is 0 Å². The summed E-state index contributed by atoms with van der Waals surface area (Å²) in [4.78, 5) is 16.9.